The highest BCUT2D eigenvalue weighted by Crippen LogP contribution is 2.31. The van der Waals surface area contributed by atoms with Crippen LogP contribution in [0.4, 0.5) is 11.4 Å². The summed E-state index contributed by atoms with van der Waals surface area (Å²) in [6, 6.07) is 14.6. The van der Waals surface area contributed by atoms with Crippen LogP contribution in [0.3, 0.4) is 0 Å². The van der Waals surface area contributed by atoms with E-state index in [-0.39, 0.29) is 18.2 Å². The number of nitrogens with one attached hydrogen (secondary N) is 1. The highest BCUT2D eigenvalue weighted by atomic mass is 79.9. The van der Waals surface area contributed by atoms with Gasteiger partial charge in [-0.3, -0.25) is 9.59 Å². The van der Waals surface area contributed by atoms with E-state index < -0.39 is 6.04 Å². The molecule has 2 aromatic carbocycles. The summed E-state index contributed by atoms with van der Waals surface area (Å²) in [6.07, 6.45) is 1.03. The first-order valence-corrected chi connectivity index (χ1v) is 8.37. The molecule has 4 nitrogen and oxygen atoms in total. The van der Waals surface area contributed by atoms with Gasteiger partial charge in [0.05, 0.1) is 12.1 Å². The number of rotatable bonds is 4. The summed E-state index contributed by atoms with van der Waals surface area (Å²) in [5, 5.41) is 3.23. The van der Waals surface area contributed by atoms with E-state index in [4.69, 9.17) is 0 Å². The van der Waals surface area contributed by atoms with Crippen molar-refractivity contribution in [3.8, 4) is 0 Å². The van der Waals surface area contributed by atoms with E-state index in [2.05, 4.69) is 28.2 Å². The Balaban J connectivity index is 1.86. The molecular weight excluding hydrogens is 356 g/mol. The maximum Gasteiger partial charge on any atom is 0.256 e. The van der Waals surface area contributed by atoms with Gasteiger partial charge in [-0.15, -0.1) is 0 Å². The van der Waals surface area contributed by atoms with Gasteiger partial charge in [-0.2, -0.15) is 0 Å². The molecule has 1 fully saturated rings. The van der Waals surface area contributed by atoms with Gasteiger partial charge in [0.2, 0.25) is 5.91 Å². The van der Waals surface area contributed by atoms with Crippen molar-refractivity contribution in [2.75, 3.05) is 10.2 Å². The zero-order chi connectivity index (χ0) is 16.4. The second kappa shape index (κ2) is 6.54. The van der Waals surface area contributed by atoms with Gasteiger partial charge in [0.1, 0.15) is 6.04 Å². The molecule has 0 bridgehead atoms. The third kappa shape index (κ3) is 3.01. The third-order valence-electron chi connectivity index (χ3n) is 3.97. The summed E-state index contributed by atoms with van der Waals surface area (Å²) in [5.41, 5.74) is 2.64. The van der Waals surface area contributed by atoms with Crippen molar-refractivity contribution >= 4 is 39.1 Å². The lowest BCUT2D eigenvalue weighted by Gasteiger charge is -2.18. The van der Waals surface area contributed by atoms with E-state index in [9.17, 15) is 9.59 Å². The first-order chi connectivity index (χ1) is 11.1. The molecular formula is C18H17BrN2O2. The number of anilines is 2. The zero-order valence-electron chi connectivity index (χ0n) is 12.8. The number of hydrogen-bond acceptors (Lipinski definition) is 3. The Morgan fingerprint density at radius 3 is 2.57 bits per heavy atom. The van der Waals surface area contributed by atoms with Crippen LogP contribution in [-0.2, 0) is 16.0 Å². The van der Waals surface area contributed by atoms with Crippen molar-refractivity contribution in [1.82, 2.24) is 0 Å². The first kappa shape index (κ1) is 15.7. The number of halogens is 1. The molecule has 1 saturated heterocycles. The lowest BCUT2D eigenvalue weighted by molar-refractivity contribution is -0.121. The van der Waals surface area contributed by atoms with E-state index in [0.717, 1.165) is 22.1 Å². The van der Waals surface area contributed by atoms with Gasteiger partial charge >= 0.3 is 0 Å². The number of carbonyl (C=O) groups is 2. The lowest BCUT2D eigenvalue weighted by atomic mass is 10.1. The minimum Gasteiger partial charge on any atom is -0.373 e. The summed E-state index contributed by atoms with van der Waals surface area (Å²) in [6.45, 7) is 2.07. The van der Waals surface area contributed by atoms with Gasteiger partial charge in [0, 0.05) is 10.2 Å². The minimum atomic E-state index is -0.526. The molecule has 2 amide bonds. The Hall–Kier alpha value is -2.14. The molecule has 3 rings (SSSR count). The molecule has 5 heteroatoms. The molecule has 0 unspecified atom stereocenters. The Bertz CT molecular complexity index is 760. The summed E-state index contributed by atoms with van der Waals surface area (Å²) in [4.78, 5) is 26.3. The number of hydrogen-bond donors (Lipinski definition) is 1. The number of benzene rings is 2. The molecule has 118 valence electrons. The molecule has 1 N–H and O–H groups in total. The van der Waals surface area contributed by atoms with Gasteiger partial charge in [-0.25, -0.2) is 4.90 Å². The maximum atomic E-state index is 12.7. The second-order valence-electron chi connectivity index (χ2n) is 5.43. The molecule has 0 saturated carbocycles. The van der Waals surface area contributed by atoms with Crippen LogP contribution < -0.4 is 10.2 Å². The molecule has 1 aliphatic heterocycles. The normalized spacial score (nSPS) is 17.7. The highest BCUT2D eigenvalue weighted by Gasteiger charge is 2.40. The number of carbonyl (C=O) groups excluding carboxylic acids is 2. The van der Waals surface area contributed by atoms with Crippen LogP contribution in [0.5, 0.6) is 0 Å². The zero-order valence-corrected chi connectivity index (χ0v) is 14.3. The molecule has 0 radical (unpaired) electrons. The molecule has 1 heterocycles. The third-order valence-corrected chi connectivity index (χ3v) is 4.64. The van der Waals surface area contributed by atoms with Crippen molar-refractivity contribution in [1.29, 1.82) is 0 Å². The fourth-order valence-electron chi connectivity index (χ4n) is 2.79. The Morgan fingerprint density at radius 2 is 1.83 bits per heavy atom. The number of imide groups is 1. The van der Waals surface area contributed by atoms with E-state index in [0.29, 0.717) is 5.69 Å². The number of amides is 2. The Labute approximate surface area is 143 Å². The fraction of sp³-hybridized carbons (Fsp3) is 0.222. The van der Waals surface area contributed by atoms with Crippen molar-refractivity contribution in [3.05, 3.63) is 58.6 Å². The smallest absolute Gasteiger partial charge is 0.256 e. The average molecular weight is 373 g/mol. The fourth-order valence-corrected chi connectivity index (χ4v) is 3.25. The van der Waals surface area contributed by atoms with E-state index in [1.807, 2.05) is 42.5 Å². The van der Waals surface area contributed by atoms with Gasteiger partial charge < -0.3 is 5.32 Å². The number of nitrogens with zero attached hydrogens (tertiary/aromatic N) is 1. The topological polar surface area (TPSA) is 49.4 Å². The van der Waals surface area contributed by atoms with Crippen LogP contribution in [0.25, 0.3) is 0 Å². The Kier molecular flexibility index (Phi) is 4.48. The van der Waals surface area contributed by atoms with Gasteiger partial charge in [0.25, 0.3) is 5.91 Å². The predicted molar refractivity (Wildman–Crippen MR) is 94.5 cm³/mol. The van der Waals surface area contributed by atoms with Gasteiger partial charge in [-0.1, -0.05) is 37.3 Å². The monoisotopic (exact) mass is 372 g/mol. The standard InChI is InChI=1S/C18H17BrN2O2/c1-2-12-7-3-5-9-14(12)20-15-11-17(22)21(18(15)23)16-10-6-4-8-13(16)19/h3-10,15,20H,2,11H2,1H3/t15-/m1/s1. The van der Waals surface area contributed by atoms with E-state index in [1.165, 1.54) is 4.90 Å². The Morgan fingerprint density at radius 1 is 1.13 bits per heavy atom. The summed E-state index contributed by atoms with van der Waals surface area (Å²) < 4.78 is 0.733. The predicted octanol–water partition coefficient (Wildman–Crippen LogP) is 3.76. The minimum absolute atomic E-state index is 0.165. The second-order valence-corrected chi connectivity index (χ2v) is 6.28. The van der Waals surface area contributed by atoms with Crippen molar-refractivity contribution < 1.29 is 9.59 Å². The summed E-state index contributed by atoms with van der Waals surface area (Å²) >= 11 is 3.40. The van der Waals surface area contributed by atoms with Crippen molar-refractivity contribution in [2.45, 2.75) is 25.8 Å². The largest absolute Gasteiger partial charge is 0.373 e. The molecule has 0 spiro atoms. The van der Waals surface area contributed by atoms with Crippen LogP contribution in [0, 0.1) is 0 Å². The van der Waals surface area contributed by atoms with Crippen LogP contribution in [0.15, 0.2) is 53.0 Å². The molecule has 1 atom stereocenters. The number of para-hydroxylation sites is 2. The van der Waals surface area contributed by atoms with Crippen LogP contribution in [0.1, 0.15) is 18.9 Å². The van der Waals surface area contributed by atoms with Gasteiger partial charge in [-0.05, 0) is 46.1 Å². The molecule has 23 heavy (non-hydrogen) atoms. The summed E-state index contributed by atoms with van der Waals surface area (Å²) in [5.74, 6) is -0.402. The quantitative estimate of drug-likeness (QED) is 0.831. The summed E-state index contributed by atoms with van der Waals surface area (Å²) in [7, 11) is 0. The van der Waals surface area contributed by atoms with Crippen LogP contribution in [0.2, 0.25) is 0 Å². The molecule has 1 aliphatic rings. The number of aryl methyl sites for hydroxylation is 1. The lowest BCUT2D eigenvalue weighted by Crippen LogP contribution is -2.35. The van der Waals surface area contributed by atoms with Crippen molar-refractivity contribution in [2.24, 2.45) is 0 Å². The maximum absolute atomic E-state index is 12.7. The van der Waals surface area contributed by atoms with Crippen molar-refractivity contribution in [3.63, 3.8) is 0 Å². The van der Waals surface area contributed by atoms with Crippen LogP contribution >= 0.6 is 15.9 Å². The molecule has 0 aromatic heterocycles. The van der Waals surface area contributed by atoms with E-state index in [1.54, 1.807) is 6.07 Å². The molecule has 0 aliphatic carbocycles. The van der Waals surface area contributed by atoms with Gasteiger partial charge in [0.15, 0.2) is 0 Å². The average Bonchev–Trinajstić information content (AvgIpc) is 2.83. The highest BCUT2D eigenvalue weighted by molar-refractivity contribution is 9.10. The van der Waals surface area contributed by atoms with E-state index >= 15 is 0 Å². The van der Waals surface area contributed by atoms with Crippen LogP contribution in [-0.4, -0.2) is 17.9 Å². The first-order valence-electron chi connectivity index (χ1n) is 7.57. The SMILES string of the molecule is CCc1ccccc1N[C@@H]1CC(=O)N(c2ccccc2Br)C1=O. The molecule has 2 aromatic rings.